The van der Waals surface area contributed by atoms with Crippen LogP contribution in [0.25, 0.3) is 6.08 Å². The number of likely N-dealkylation sites (N-methyl/N-ethyl adjacent to an activating group) is 1. The van der Waals surface area contributed by atoms with Crippen molar-refractivity contribution in [1.82, 2.24) is 19.6 Å². The van der Waals surface area contributed by atoms with Crippen LogP contribution in [-0.2, 0) is 17.9 Å². The molecule has 0 N–H and O–H groups in total. The first kappa shape index (κ1) is 23.1. The Morgan fingerprint density at radius 3 is 2.66 bits per heavy atom. The van der Waals surface area contributed by atoms with E-state index >= 15 is 0 Å². The summed E-state index contributed by atoms with van der Waals surface area (Å²) in [7, 11) is 3.88. The molecule has 0 radical (unpaired) electrons. The van der Waals surface area contributed by atoms with Gasteiger partial charge in [-0.2, -0.15) is 5.10 Å². The molecule has 0 saturated carbocycles. The van der Waals surface area contributed by atoms with Crippen molar-refractivity contribution in [3.8, 4) is 0 Å². The van der Waals surface area contributed by atoms with E-state index in [2.05, 4.69) is 12.0 Å². The zero-order chi connectivity index (χ0) is 21.4. The molecule has 29 heavy (non-hydrogen) atoms. The van der Waals surface area contributed by atoms with Crippen molar-refractivity contribution >= 4 is 23.6 Å². The Kier molecular flexibility index (Phi) is 8.86. The SMILES string of the molecule is CCCCn1nc(C)c(/C=C/C(=O)N(CCN(C)C)Cc2ccccc2F)c1Cl. The molecule has 0 bridgehead atoms. The molecular weight excluding hydrogens is 391 g/mol. The number of hydrogen-bond acceptors (Lipinski definition) is 3. The Balaban J connectivity index is 2.18. The molecule has 0 aliphatic heterocycles. The van der Waals surface area contributed by atoms with Crippen molar-refractivity contribution in [1.29, 1.82) is 0 Å². The van der Waals surface area contributed by atoms with E-state index in [-0.39, 0.29) is 18.3 Å². The average molecular weight is 421 g/mol. The summed E-state index contributed by atoms with van der Waals surface area (Å²) < 4.78 is 15.9. The second-order valence-corrected chi connectivity index (χ2v) is 7.71. The molecule has 0 unspecified atom stereocenters. The molecule has 1 heterocycles. The lowest BCUT2D eigenvalue weighted by molar-refractivity contribution is -0.126. The number of unbranched alkanes of at least 4 members (excludes halogenated alkanes) is 1. The number of halogens is 2. The molecule has 0 fully saturated rings. The maximum Gasteiger partial charge on any atom is 0.246 e. The van der Waals surface area contributed by atoms with Crippen molar-refractivity contribution in [3.05, 3.63) is 58.1 Å². The Bertz CT molecular complexity index is 847. The highest BCUT2D eigenvalue weighted by Gasteiger charge is 2.16. The lowest BCUT2D eigenvalue weighted by Crippen LogP contribution is -2.35. The lowest BCUT2D eigenvalue weighted by atomic mass is 10.2. The standard InChI is InChI=1S/C22H30ClFN4O/c1-5-6-13-28-22(23)19(17(2)25-28)11-12-21(29)27(15-14-26(3)4)16-18-9-7-8-10-20(18)24/h7-12H,5-6,13-16H2,1-4H3/b12-11+. The van der Waals surface area contributed by atoms with Crippen LogP contribution in [0.4, 0.5) is 4.39 Å². The van der Waals surface area contributed by atoms with Gasteiger partial charge >= 0.3 is 0 Å². The maximum absolute atomic E-state index is 14.1. The van der Waals surface area contributed by atoms with Crippen LogP contribution in [0.1, 0.15) is 36.6 Å². The summed E-state index contributed by atoms with van der Waals surface area (Å²) in [6, 6.07) is 6.53. The molecule has 0 atom stereocenters. The van der Waals surface area contributed by atoms with Gasteiger partial charge in [0, 0.05) is 43.4 Å². The summed E-state index contributed by atoms with van der Waals surface area (Å²) in [5.41, 5.74) is 2.02. The molecular formula is C22H30ClFN4O. The van der Waals surface area contributed by atoms with E-state index in [1.54, 1.807) is 33.9 Å². The summed E-state index contributed by atoms with van der Waals surface area (Å²) in [6.45, 7) is 6.13. The first-order valence-electron chi connectivity index (χ1n) is 9.91. The van der Waals surface area contributed by atoms with Crippen molar-refractivity contribution < 1.29 is 9.18 Å². The highest BCUT2D eigenvalue weighted by Crippen LogP contribution is 2.22. The van der Waals surface area contributed by atoms with E-state index in [1.165, 1.54) is 12.1 Å². The number of amides is 1. The first-order chi connectivity index (χ1) is 13.8. The van der Waals surface area contributed by atoms with Gasteiger partial charge in [-0.05, 0) is 39.6 Å². The van der Waals surface area contributed by atoms with Crippen LogP contribution in [0.5, 0.6) is 0 Å². The quantitative estimate of drug-likeness (QED) is 0.535. The van der Waals surface area contributed by atoms with E-state index < -0.39 is 0 Å². The predicted octanol–water partition coefficient (Wildman–Crippen LogP) is 4.39. The molecule has 2 aromatic rings. The average Bonchev–Trinajstić information content (AvgIpc) is 2.95. The number of carbonyl (C=O) groups excluding carboxylic acids is 1. The van der Waals surface area contributed by atoms with Gasteiger partial charge < -0.3 is 9.80 Å². The third-order valence-corrected chi connectivity index (χ3v) is 5.07. The smallest absolute Gasteiger partial charge is 0.246 e. The molecule has 2 rings (SSSR count). The Morgan fingerprint density at radius 1 is 1.28 bits per heavy atom. The topological polar surface area (TPSA) is 41.4 Å². The van der Waals surface area contributed by atoms with Gasteiger partial charge in [-0.25, -0.2) is 4.39 Å². The number of aromatic nitrogens is 2. The van der Waals surface area contributed by atoms with E-state index in [0.717, 1.165) is 30.6 Å². The van der Waals surface area contributed by atoms with Crippen molar-refractivity contribution in [2.45, 2.75) is 39.8 Å². The van der Waals surface area contributed by atoms with Crippen LogP contribution in [0.15, 0.2) is 30.3 Å². The van der Waals surface area contributed by atoms with Crippen molar-refractivity contribution in [2.24, 2.45) is 0 Å². The highest BCUT2D eigenvalue weighted by molar-refractivity contribution is 6.31. The minimum atomic E-state index is -0.310. The zero-order valence-corrected chi connectivity index (χ0v) is 18.4. The first-order valence-corrected chi connectivity index (χ1v) is 10.3. The zero-order valence-electron chi connectivity index (χ0n) is 17.7. The van der Waals surface area contributed by atoms with Crippen LogP contribution < -0.4 is 0 Å². The van der Waals surface area contributed by atoms with Crippen molar-refractivity contribution in [2.75, 3.05) is 27.2 Å². The fraction of sp³-hybridized carbons (Fsp3) is 0.455. The number of rotatable bonds is 10. The predicted molar refractivity (Wildman–Crippen MR) is 116 cm³/mol. The number of benzene rings is 1. The van der Waals surface area contributed by atoms with Gasteiger partial charge in [0.2, 0.25) is 5.91 Å². The van der Waals surface area contributed by atoms with E-state index in [9.17, 15) is 9.18 Å². The molecule has 0 aliphatic rings. The van der Waals surface area contributed by atoms with Gasteiger partial charge in [0.05, 0.1) is 5.69 Å². The molecule has 5 nitrogen and oxygen atoms in total. The normalized spacial score (nSPS) is 11.6. The molecule has 1 aromatic heterocycles. The monoisotopic (exact) mass is 420 g/mol. The summed E-state index contributed by atoms with van der Waals surface area (Å²) in [6.07, 6.45) is 5.25. The minimum Gasteiger partial charge on any atom is -0.333 e. The van der Waals surface area contributed by atoms with Crippen LogP contribution in [0.3, 0.4) is 0 Å². The molecule has 0 saturated heterocycles. The molecule has 158 valence electrons. The summed E-state index contributed by atoms with van der Waals surface area (Å²) in [4.78, 5) is 16.5. The fourth-order valence-electron chi connectivity index (χ4n) is 2.89. The number of carbonyl (C=O) groups is 1. The second kappa shape index (κ2) is 11.1. The highest BCUT2D eigenvalue weighted by atomic mass is 35.5. The van der Waals surface area contributed by atoms with Gasteiger partial charge in [-0.15, -0.1) is 0 Å². The molecule has 0 spiro atoms. The number of nitrogens with zero attached hydrogens (tertiary/aromatic N) is 4. The number of hydrogen-bond donors (Lipinski definition) is 0. The van der Waals surface area contributed by atoms with Gasteiger partial charge in [0.15, 0.2) is 0 Å². The van der Waals surface area contributed by atoms with E-state index in [0.29, 0.717) is 23.8 Å². The van der Waals surface area contributed by atoms with Crippen molar-refractivity contribution in [3.63, 3.8) is 0 Å². The summed E-state index contributed by atoms with van der Waals surface area (Å²) >= 11 is 6.45. The largest absolute Gasteiger partial charge is 0.333 e. The van der Waals surface area contributed by atoms with Gasteiger partial charge in [0.1, 0.15) is 11.0 Å². The van der Waals surface area contributed by atoms with Crippen LogP contribution in [0.2, 0.25) is 5.15 Å². The molecule has 1 aromatic carbocycles. The third-order valence-electron chi connectivity index (χ3n) is 4.67. The third kappa shape index (κ3) is 6.68. The number of aryl methyl sites for hydroxylation is 2. The Hall–Kier alpha value is -2.18. The van der Waals surface area contributed by atoms with Crippen LogP contribution >= 0.6 is 11.6 Å². The Morgan fingerprint density at radius 2 is 2.00 bits per heavy atom. The van der Waals surface area contributed by atoms with Gasteiger partial charge in [0.25, 0.3) is 0 Å². The summed E-state index contributed by atoms with van der Waals surface area (Å²) in [5.74, 6) is -0.498. The lowest BCUT2D eigenvalue weighted by Gasteiger charge is -2.23. The minimum absolute atomic E-state index is 0.188. The van der Waals surface area contributed by atoms with Gasteiger partial charge in [-0.3, -0.25) is 9.48 Å². The summed E-state index contributed by atoms with van der Waals surface area (Å²) in [5, 5.41) is 5.00. The van der Waals surface area contributed by atoms with E-state index in [4.69, 9.17) is 11.6 Å². The Labute approximate surface area is 177 Å². The van der Waals surface area contributed by atoms with Gasteiger partial charge in [-0.1, -0.05) is 43.1 Å². The fourth-order valence-corrected chi connectivity index (χ4v) is 3.21. The maximum atomic E-state index is 14.1. The van der Waals surface area contributed by atoms with Crippen LogP contribution in [-0.4, -0.2) is 52.7 Å². The molecule has 7 heteroatoms. The van der Waals surface area contributed by atoms with Crippen LogP contribution in [0, 0.1) is 12.7 Å². The second-order valence-electron chi connectivity index (χ2n) is 7.35. The van der Waals surface area contributed by atoms with E-state index in [1.807, 2.05) is 25.9 Å². The molecule has 0 aliphatic carbocycles. The molecule has 1 amide bonds.